The topological polar surface area (TPSA) is 73.1 Å². The summed E-state index contributed by atoms with van der Waals surface area (Å²) in [5, 5.41) is 10.6. The van der Waals surface area contributed by atoms with Crippen LogP contribution in [0.5, 0.6) is 0 Å². The minimum absolute atomic E-state index is 0.0319. The molecule has 0 bridgehead atoms. The van der Waals surface area contributed by atoms with Crippen LogP contribution in [0.1, 0.15) is 37.9 Å². The van der Waals surface area contributed by atoms with Crippen LogP contribution in [0.2, 0.25) is 0 Å². The van der Waals surface area contributed by atoms with Crippen LogP contribution in [0.15, 0.2) is 12.3 Å². The third-order valence-electron chi connectivity index (χ3n) is 2.71. The summed E-state index contributed by atoms with van der Waals surface area (Å²) in [4.78, 5) is 25.8. The van der Waals surface area contributed by atoms with Gasteiger partial charge in [-0.25, -0.2) is 0 Å². The summed E-state index contributed by atoms with van der Waals surface area (Å²) >= 11 is 0. The van der Waals surface area contributed by atoms with Crippen molar-refractivity contribution in [2.24, 2.45) is 5.92 Å². The lowest BCUT2D eigenvalue weighted by Gasteiger charge is -2.18. The Bertz CT molecular complexity index is 455. The summed E-state index contributed by atoms with van der Waals surface area (Å²) in [6, 6.07) is 1.46. The highest BCUT2D eigenvalue weighted by Gasteiger charge is 2.24. The fraction of sp³-hybridized carbons (Fsp3) is 0.500. The van der Waals surface area contributed by atoms with Gasteiger partial charge in [0.1, 0.15) is 12.0 Å². The lowest BCUT2D eigenvalue weighted by atomic mass is 9.87. The Hall–Kier alpha value is -1.78. The van der Waals surface area contributed by atoms with Gasteiger partial charge in [-0.15, -0.1) is 0 Å². The maximum absolute atomic E-state index is 11.6. The summed E-state index contributed by atoms with van der Waals surface area (Å²) in [6.07, 6.45) is 1.21. The predicted octanol–water partition coefficient (Wildman–Crippen LogP) is 2.63. The predicted molar refractivity (Wildman–Crippen MR) is 63.9 cm³/mol. The molecule has 0 aliphatic rings. The number of nitrogens with zero attached hydrogens (tertiary/aromatic N) is 2. The van der Waals surface area contributed by atoms with E-state index in [0.29, 0.717) is 11.3 Å². The molecule has 0 aromatic carbocycles. The number of hydrogen-bond donors (Lipinski definition) is 0. The van der Waals surface area contributed by atoms with E-state index in [-0.39, 0.29) is 23.3 Å². The lowest BCUT2D eigenvalue weighted by molar-refractivity contribution is -0.385. The molecule has 0 spiro atoms. The number of pyridine rings is 1. The molecule has 0 amide bonds. The van der Waals surface area contributed by atoms with Crippen molar-refractivity contribution >= 4 is 11.5 Å². The van der Waals surface area contributed by atoms with Crippen molar-refractivity contribution in [3.8, 4) is 0 Å². The van der Waals surface area contributed by atoms with Crippen molar-refractivity contribution in [1.82, 2.24) is 4.98 Å². The largest absolute Gasteiger partial charge is 0.299 e. The van der Waals surface area contributed by atoms with E-state index >= 15 is 0 Å². The Kier molecular flexibility index (Phi) is 3.93. The van der Waals surface area contributed by atoms with Crippen LogP contribution in [-0.4, -0.2) is 15.7 Å². The van der Waals surface area contributed by atoms with E-state index in [4.69, 9.17) is 0 Å². The first-order valence-electron chi connectivity index (χ1n) is 5.46. The van der Waals surface area contributed by atoms with Gasteiger partial charge in [0.15, 0.2) is 0 Å². The van der Waals surface area contributed by atoms with Gasteiger partial charge in [0.2, 0.25) is 0 Å². The molecule has 5 nitrogen and oxygen atoms in total. The first-order chi connectivity index (χ1) is 7.84. The molecule has 0 N–H and O–H groups in total. The molecule has 17 heavy (non-hydrogen) atoms. The third-order valence-corrected chi connectivity index (χ3v) is 2.71. The number of aryl methyl sites for hydroxylation is 1. The summed E-state index contributed by atoms with van der Waals surface area (Å²) in [6.45, 7) is 7.14. The highest BCUT2D eigenvalue weighted by molar-refractivity contribution is 5.83. The quantitative estimate of drug-likeness (QED) is 0.595. The van der Waals surface area contributed by atoms with Gasteiger partial charge in [0.25, 0.3) is 5.69 Å². The van der Waals surface area contributed by atoms with E-state index in [1.807, 2.05) is 13.8 Å². The number of hydrogen-bond acceptors (Lipinski definition) is 4. The second-order valence-electron chi connectivity index (χ2n) is 4.49. The number of carbonyl (C=O) groups excluding carboxylic acids is 1. The standard InChI is InChI=1S/C12H16N2O3/c1-7(2)11(9(4)15)12-8(3)5-10(6-13-12)14(16)17/h5-7,11H,1-4H3. The molecule has 0 aliphatic heterocycles. The van der Waals surface area contributed by atoms with E-state index in [1.54, 1.807) is 6.92 Å². The van der Waals surface area contributed by atoms with E-state index in [2.05, 4.69) is 4.98 Å². The fourth-order valence-electron chi connectivity index (χ4n) is 1.97. The van der Waals surface area contributed by atoms with Gasteiger partial charge >= 0.3 is 0 Å². The highest BCUT2D eigenvalue weighted by atomic mass is 16.6. The Morgan fingerprint density at radius 2 is 2.06 bits per heavy atom. The molecule has 1 aromatic rings. The zero-order valence-electron chi connectivity index (χ0n) is 10.4. The summed E-state index contributed by atoms with van der Waals surface area (Å²) in [7, 11) is 0. The number of Topliss-reactive ketones (excluding diaryl/α,β-unsaturated/α-hetero) is 1. The van der Waals surface area contributed by atoms with Gasteiger partial charge in [-0.3, -0.25) is 19.9 Å². The first-order valence-corrected chi connectivity index (χ1v) is 5.46. The third kappa shape index (κ3) is 2.87. The normalized spacial score (nSPS) is 12.5. The van der Waals surface area contributed by atoms with Crippen molar-refractivity contribution in [3.05, 3.63) is 33.6 Å². The van der Waals surface area contributed by atoms with Gasteiger partial charge in [-0.2, -0.15) is 0 Å². The molecule has 1 unspecified atom stereocenters. The van der Waals surface area contributed by atoms with Crippen LogP contribution >= 0.6 is 0 Å². The second kappa shape index (κ2) is 5.03. The van der Waals surface area contributed by atoms with Crippen LogP contribution in [0.3, 0.4) is 0 Å². The number of rotatable bonds is 4. The lowest BCUT2D eigenvalue weighted by Crippen LogP contribution is -2.18. The first kappa shape index (κ1) is 13.3. The summed E-state index contributed by atoms with van der Waals surface area (Å²) < 4.78 is 0. The maximum atomic E-state index is 11.6. The molecule has 0 fully saturated rings. The molecule has 1 atom stereocenters. The summed E-state index contributed by atoms with van der Waals surface area (Å²) in [5.41, 5.74) is 1.28. The van der Waals surface area contributed by atoms with Crippen LogP contribution in [0.25, 0.3) is 0 Å². The fourth-order valence-corrected chi connectivity index (χ4v) is 1.97. The van der Waals surface area contributed by atoms with Crippen molar-refractivity contribution in [1.29, 1.82) is 0 Å². The molecule has 1 aromatic heterocycles. The number of ketones is 1. The van der Waals surface area contributed by atoms with Crippen LogP contribution in [0, 0.1) is 23.0 Å². The minimum Gasteiger partial charge on any atom is -0.299 e. The SMILES string of the molecule is CC(=O)C(c1ncc([N+](=O)[O-])cc1C)C(C)C. The molecular weight excluding hydrogens is 220 g/mol. The maximum Gasteiger partial charge on any atom is 0.287 e. The molecular formula is C12H16N2O3. The zero-order valence-corrected chi connectivity index (χ0v) is 10.4. The summed E-state index contributed by atoms with van der Waals surface area (Å²) in [5.74, 6) is -0.139. The van der Waals surface area contributed by atoms with Crippen LogP contribution < -0.4 is 0 Å². The Labute approximate surface area is 100 Å². The number of aromatic nitrogens is 1. The van der Waals surface area contributed by atoms with E-state index in [9.17, 15) is 14.9 Å². The molecule has 0 aliphatic carbocycles. The zero-order chi connectivity index (χ0) is 13.2. The average Bonchev–Trinajstić information content (AvgIpc) is 2.19. The van der Waals surface area contributed by atoms with Crippen molar-refractivity contribution < 1.29 is 9.72 Å². The van der Waals surface area contributed by atoms with Gasteiger partial charge < -0.3 is 0 Å². The molecule has 92 valence electrons. The van der Waals surface area contributed by atoms with Gasteiger partial charge in [-0.05, 0) is 25.3 Å². The molecule has 1 heterocycles. The molecule has 0 saturated heterocycles. The van der Waals surface area contributed by atoms with Gasteiger partial charge in [-0.1, -0.05) is 13.8 Å². The van der Waals surface area contributed by atoms with E-state index in [1.165, 1.54) is 19.2 Å². The monoisotopic (exact) mass is 236 g/mol. The molecule has 0 radical (unpaired) electrons. The number of carbonyl (C=O) groups is 1. The number of nitro groups is 1. The van der Waals surface area contributed by atoms with Gasteiger partial charge in [0.05, 0.1) is 16.5 Å². The molecule has 5 heteroatoms. The Balaban J connectivity index is 3.22. The van der Waals surface area contributed by atoms with Gasteiger partial charge in [0, 0.05) is 6.07 Å². The average molecular weight is 236 g/mol. The van der Waals surface area contributed by atoms with Crippen molar-refractivity contribution in [3.63, 3.8) is 0 Å². The smallest absolute Gasteiger partial charge is 0.287 e. The second-order valence-corrected chi connectivity index (χ2v) is 4.49. The van der Waals surface area contributed by atoms with Crippen molar-refractivity contribution in [2.45, 2.75) is 33.6 Å². The molecule has 0 saturated carbocycles. The highest BCUT2D eigenvalue weighted by Crippen LogP contribution is 2.27. The van der Waals surface area contributed by atoms with Crippen molar-refractivity contribution in [2.75, 3.05) is 0 Å². The van der Waals surface area contributed by atoms with Crippen LogP contribution in [0.4, 0.5) is 5.69 Å². The van der Waals surface area contributed by atoms with E-state index < -0.39 is 4.92 Å². The Morgan fingerprint density at radius 1 is 1.47 bits per heavy atom. The van der Waals surface area contributed by atoms with E-state index in [0.717, 1.165) is 0 Å². The van der Waals surface area contributed by atoms with Crippen LogP contribution in [-0.2, 0) is 4.79 Å². The minimum atomic E-state index is -0.484. The molecule has 1 rings (SSSR count). The Morgan fingerprint density at radius 3 is 2.41 bits per heavy atom.